The van der Waals surface area contributed by atoms with Crippen LogP contribution in [0.4, 0.5) is 0 Å². The number of benzene rings is 1. The lowest BCUT2D eigenvalue weighted by atomic mass is 10.3. The third kappa shape index (κ3) is 2.62. The number of hydrogen-bond acceptors (Lipinski definition) is 4. The molecule has 1 aromatic rings. The van der Waals surface area contributed by atoms with E-state index in [1.54, 1.807) is 0 Å². The highest BCUT2D eigenvalue weighted by Gasteiger charge is 2.16. The van der Waals surface area contributed by atoms with Crippen molar-refractivity contribution in [3.05, 3.63) is 30.3 Å². The monoisotopic (exact) mass is 198 g/mol. The van der Waals surface area contributed by atoms with E-state index in [9.17, 15) is 0 Å². The smallest absolute Gasteiger partial charge is 0.158 e. The van der Waals surface area contributed by atoms with Crippen LogP contribution < -0.4 is 4.74 Å². The lowest BCUT2D eigenvalue weighted by molar-refractivity contribution is 0.0616. The molecule has 70 valence electrons. The van der Waals surface area contributed by atoms with Crippen LogP contribution in [-0.4, -0.2) is 19.3 Å². The third-order valence-corrected chi connectivity index (χ3v) is 2.11. The van der Waals surface area contributed by atoms with Gasteiger partial charge in [0.1, 0.15) is 25.1 Å². The predicted octanol–water partition coefficient (Wildman–Crippen LogP) is 2.04. The summed E-state index contributed by atoms with van der Waals surface area (Å²) in [6, 6.07) is 9.67. The topological polar surface area (TPSA) is 27.7 Å². The quantitative estimate of drug-likeness (QED) is 0.680. The minimum Gasteiger partial charge on any atom is -0.485 e. The van der Waals surface area contributed by atoms with Crippen LogP contribution in [0, 0.1) is 0 Å². The first-order valence-corrected chi connectivity index (χ1v) is 4.74. The molecule has 4 heteroatoms. The minimum atomic E-state index is 0.00338. The normalized spacial score (nSPS) is 18.5. The van der Waals surface area contributed by atoms with Crippen molar-refractivity contribution in [2.75, 3.05) is 13.2 Å². The summed E-state index contributed by atoms with van der Waals surface area (Å²) in [5.74, 6) is 0.853. The van der Waals surface area contributed by atoms with E-state index in [-0.39, 0.29) is 6.10 Å². The lowest BCUT2D eigenvalue weighted by Crippen LogP contribution is -2.29. The van der Waals surface area contributed by atoms with Gasteiger partial charge >= 0.3 is 0 Å². The second-order valence-electron chi connectivity index (χ2n) is 2.69. The van der Waals surface area contributed by atoms with E-state index in [0.717, 1.165) is 18.1 Å². The summed E-state index contributed by atoms with van der Waals surface area (Å²) in [5, 5.41) is 0. The third-order valence-electron chi connectivity index (χ3n) is 1.65. The summed E-state index contributed by atoms with van der Waals surface area (Å²) in [7, 11) is 0. The largest absolute Gasteiger partial charge is 0.485 e. The van der Waals surface area contributed by atoms with Gasteiger partial charge in [0.2, 0.25) is 0 Å². The summed E-state index contributed by atoms with van der Waals surface area (Å²) >= 11 is 1.03. The molecule has 3 nitrogen and oxygen atoms in total. The second kappa shape index (κ2) is 4.50. The number of rotatable bonds is 2. The van der Waals surface area contributed by atoms with Gasteiger partial charge in [0, 0.05) is 0 Å². The van der Waals surface area contributed by atoms with E-state index in [4.69, 9.17) is 13.1 Å². The standard InChI is InChI=1S/C9H10O3S/c1-2-4-8(5-3-1)12-9-6-10-13-11-7-9/h1-5,9H,6-7H2. The summed E-state index contributed by atoms with van der Waals surface area (Å²) in [6.07, 6.45) is 0.00338. The van der Waals surface area contributed by atoms with E-state index in [2.05, 4.69) is 0 Å². The van der Waals surface area contributed by atoms with Crippen LogP contribution in [0.1, 0.15) is 0 Å². The van der Waals surface area contributed by atoms with Gasteiger partial charge in [-0.3, -0.25) is 8.37 Å². The lowest BCUT2D eigenvalue weighted by Gasteiger charge is -2.21. The van der Waals surface area contributed by atoms with E-state index in [0.29, 0.717) is 13.2 Å². The molecule has 0 amide bonds. The molecule has 0 bridgehead atoms. The Hall–Kier alpha value is -0.710. The van der Waals surface area contributed by atoms with Crippen LogP contribution in [-0.2, 0) is 8.37 Å². The molecule has 1 aromatic carbocycles. The van der Waals surface area contributed by atoms with Crippen molar-refractivity contribution in [2.45, 2.75) is 6.10 Å². The van der Waals surface area contributed by atoms with Gasteiger partial charge in [-0.05, 0) is 12.1 Å². The molecule has 0 radical (unpaired) electrons. The predicted molar refractivity (Wildman–Crippen MR) is 50.4 cm³/mol. The molecule has 0 saturated carbocycles. The molecule has 1 saturated heterocycles. The maximum atomic E-state index is 5.59. The Labute approximate surface area is 81.4 Å². The van der Waals surface area contributed by atoms with Crippen LogP contribution >= 0.6 is 12.3 Å². The van der Waals surface area contributed by atoms with Gasteiger partial charge in [-0.2, -0.15) is 0 Å². The Bertz CT molecular complexity index is 246. The van der Waals surface area contributed by atoms with Crippen molar-refractivity contribution in [3.63, 3.8) is 0 Å². The van der Waals surface area contributed by atoms with Crippen molar-refractivity contribution >= 4 is 12.3 Å². The van der Waals surface area contributed by atoms with Crippen molar-refractivity contribution in [1.29, 1.82) is 0 Å². The molecule has 0 aromatic heterocycles. The molecule has 0 atom stereocenters. The fourth-order valence-corrected chi connectivity index (χ4v) is 1.53. The maximum absolute atomic E-state index is 5.59. The molecule has 1 fully saturated rings. The highest BCUT2D eigenvalue weighted by molar-refractivity contribution is 7.89. The minimum absolute atomic E-state index is 0.00338. The second-order valence-corrected chi connectivity index (χ2v) is 3.30. The fourth-order valence-electron chi connectivity index (χ4n) is 1.05. The van der Waals surface area contributed by atoms with E-state index < -0.39 is 0 Å². The highest BCUT2D eigenvalue weighted by atomic mass is 32.2. The number of ether oxygens (including phenoxy) is 1. The van der Waals surface area contributed by atoms with Crippen LogP contribution in [0.25, 0.3) is 0 Å². The Balaban J connectivity index is 1.90. The summed E-state index contributed by atoms with van der Waals surface area (Å²) < 4.78 is 15.6. The highest BCUT2D eigenvalue weighted by Crippen LogP contribution is 2.17. The number of hydrogen-bond donors (Lipinski definition) is 0. The molecule has 1 heterocycles. The van der Waals surface area contributed by atoms with E-state index in [1.165, 1.54) is 0 Å². The zero-order chi connectivity index (χ0) is 8.93. The zero-order valence-corrected chi connectivity index (χ0v) is 7.83. The van der Waals surface area contributed by atoms with Crippen molar-refractivity contribution in [2.24, 2.45) is 0 Å². The number of para-hydroxylation sites is 1. The van der Waals surface area contributed by atoms with Gasteiger partial charge in [-0.15, -0.1) is 0 Å². The van der Waals surface area contributed by atoms with Gasteiger partial charge in [-0.1, -0.05) is 18.2 Å². The van der Waals surface area contributed by atoms with Crippen LogP contribution in [0.15, 0.2) is 30.3 Å². The summed E-state index contributed by atoms with van der Waals surface area (Å²) in [5.41, 5.74) is 0. The Kier molecular flexibility index (Phi) is 3.07. The molecule has 0 spiro atoms. The molecule has 1 aliphatic heterocycles. The molecular formula is C9H10O3S. The van der Waals surface area contributed by atoms with Crippen molar-refractivity contribution in [1.82, 2.24) is 0 Å². The van der Waals surface area contributed by atoms with Gasteiger partial charge in [0.05, 0.1) is 0 Å². The Morgan fingerprint density at radius 1 is 1.15 bits per heavy atom. The SMILES string of the molecule is c1ccc(OC2COSOC2)cc1. The van der Waals surface area contributed by atoms with Crippen LogP contribution in [0.3, 0.4) is 0 Å². The van der Waals surface area contributed by atoms with Gasteiger partial charge in [-0.25, -0.2) is 0 Å². The Morgan fingerprint density at radius 3 is 2.54 bits per heavy atom. The molecule has 0 aliphatic carbocycles. The molecule has 0 N–H and O–H groups in total. The first kappa shape index (κ1) is 8.87. The Morgan fingerprint density at radius 2 is 1.85 bits per heavy atom. The fraction of sp³-hybridized carbons (Fsp3) is 0.333. The van der Waals surface area contributed by atoms with Crippen LogP contribution in [0.2, 0.25) is 0 Å². The zero-order valence-electron chi connectivity index (χ0n) is 7.01. The average molecular weight is 198 g/mol. The molecule has 13 heavy (non-hydrogen) atoms. The van der Waals surface area contributed by atoms with Crippen molar-refractivity contribution < 1.29 is 13.1 Å². The molecular weight excluding hydrogens is 188 g/mol. The first-order valence-electron chi connectivity index (χ1n) is 4.08. The van der Waals surface area contributed by atoms with Gasteiger partial charge in [0.25, 0.3) is 0 Å². The average Bonchev–Trinajstić information content (AvgIpc) is 2.21. The molecule has 0 unspecified atom stereocenters. The molecule has 2 rings (SSSR count). The van der Waals surface area contributed by atoms with Gasteiger partial charge < -0.3 is 4.74 Å². The van der Waals surface area contributed by atoms with Crippen molar-refractivity contribution in [3.8, 4) is 5.75 Å². The molecule has 1 aliphatic rings. The maximum Gasteiger partial charge on any atom is 0.158 e. The first-order chi connectivity index (χ1) is 6.45. The van der Waals surface area contributed by atoms with E-state index >= 15 is 0 Å². The van der Waals surface area contributed by atoms with Crippen LogP contribution in [0.5, 0.6) is 5.75 Å². The summed E-state index contributed by atoms with van der Waals surface area (Å²) in [4.78, 5) is 0. The van der Waals surface area contributed by atoms with E-state index in [1.807, 2.05) is 30.3 Å². The van der Waals surface area contributed by atoms with Gasteiger partial charge in [0.15, 0.2) is 12.3 Å². The summed E-state index contributed by atoms with van der Waals surface area (Å²) in [6.45, 7) is 1.14.